The zero-order valence-corrected chi connectivity index (χ0v) is 21.2. The minimum absolute atomic E-state index is 0.0203. The zero-order valence-electron chi connectivity index (χ0n) is 21.2. The normalized spacial score (nSPS) is 21.8. The van der Waals surface area contributed by atoms with Crippen LogP contribution in [0.15, 0.2) is 10.9 Å². The van der Waals surface area contributed by atoms with Gasteiger partial charge in [-0.25, -0.2) is 14.0 Å². The van der Waals surface area contributed by atoms with E-state index in [9.17, 15) is 24.8 Å². The molecule has 1 amide bonds. The minimum atomic E-state index is -1.45. The van der Waals surface area contributed by atoms with Crippen LogP contribution in [0.2, 0.25) is 0 Å². The van der Waals surface area contributed by atoms with Crippen LogP contribution in [0.25, 0.3) is 10.9 Å². The van der Waals surface area contributed by atoms with Crippen LogP contribution in [0.5, 0.6) is 5.75 Å². The lowest BCUT2D eigenvalue weighted by Crippen LogP contribution is -2.46. The summed E-state index contributed by atoms with van der Waals surface area (Å²) in [5, 5.41) is 22.5. The Morgan fingerprint density at radius 3 is 2.65 bits per heavy atom. The predicted octanol–water partition coefficient (Wildman–Crippen LogP) is 3.55. The lowest BCUT2D eigenvalue weighted by molar-refractivity contribution is 0.0477. The number of hydrogen-bond acceptors (Lipinski definition) is 7. The molecule has 2 atom stereocenters. The van der Waals surface area contributed by atoms with Gasteiger partial charge in [-0.05, 0) is 53.0 Å². The Morgan fingerprint density at radius 1 is 1.35 bits per heavy atom. The highest BCUT2D eigenvalue weighted by atomic mass is 19.1. The molecule has 0 unspecified atom stereocenters. The molecule has 37 heavy (non-hydrogen) atoms. The molecule has 0 spiro atoms. The van der Waals surface area contributed by atoms with Gasteiger partial charge in [0.1, 0.15) is 29.5 Å². The average molecular weight is 513 g/mol. The third-order valence-electron chi connectivity index (χ3n) is 7.44. The van der Waals surface area contributed by atoms with Crippen LogP contribution >= 0.6 is 0 Å². The number of ether oxygens (including phenoxy) is 2. The van der Waals surface area contributed by atoms with Gasteiger partial charge < -0.3 is 24.8 Å². The molecule has 2 fully saturated rings. The number of alkyl carbamates (subject to hydrolysis) is 1. The summed E-state index contributed by atoms with van der Waals surface area (Å²) in [7, 11) is 0. The summed E-state index contributed by atoms with van der Waals surface area (Å²) in [6.45, 7) is 8.00. The van der Waals surface area contributed by atoms with Crippen molar-refractivity contribution in [1.29, 1.82) is 5.26 Å². The van der Waals surface area contributed by atoms with E-state index in [-0.39, 0.29) is 40.4 Å². The number of benzene rings is 1. The lowest BCUT2D eigenvalue weighted by atomic mass is 9.96. The van der Waals surface area contributed by atoms with E-state index >= 15 is 4.39 Å². The van der Waals surface area contributed by atoms with E-state index in [0.29, 0.717) is 19.5 Å². The van der Waals surface area contributed by atoms with Crippen molar-refractivity contribution in [2.45, 2.75) is 64.1 Å². The van der Waals surface area contributed by atoms with E-state index in [1.807, 2.05) is 6.07 Å². The van der Waals surface area contributed by atoms with E-state index in [1.54, 1.807) is 32.6 Å². The third-order valence-corrected chi connectivity index (χ3v) is 7.44. The highest BCUT2D eigenvalue weighted by Crippen LogP contribution is 2.50. The highest BCUT2D eigenvalue weighted by Gasteiger charge is 2.53. The lowest BCUT2D eigenvalue weighted by Gasteiger charge is -2.32. The summed E-state index contributed by atoms with van der Waals surface area (Å²) < 4.78 is 28.6. The van der Waals surface area contributed by atoms with Gasteiger partial charge in [-0.2, -0.15) is 5.26 Å². The van der Waals surface area contributed by atoms with Crippen LogP contribution in [0.3, 0.4) is 0 Å². The smallest absolute Gasteiger partial charge is 0.408 e. The Kier molecular flexibility index (Phi) is 5.62. The van der Waals surface area contributed by atoms with Crippen molar-refractivity contribution in [3.8, 4) is 11.8 Å². The fourth-order valence-corrected chi connectivity index (χ4v) is 5.58. The SMILES string of the molecule is C[C@H]1COc2c(N3CC[C@@H](C4(NC(=O)OC(C)(C)C)CC4)C3)c(F)c(C#N)c3cc(C(=O)O)c(=O)n1c23. The van der Waals surface area contributed by atoms with Gasteiger partial charge in [0.15, 0.2) is 11.6 Å². The fraction of sp³-hybridized carbons (Fsp3) is 0.538. The third kappa shape index (κ3) is 4.04. The number of aromatic nitrogens is 1. The van der Waals surface area contributed by atoms with Gasteiger partial charge in [-0.15, -0.1) is 0 Å². The van der Waals surface area contributed by atoms with E-state index in [0.717, 1.165) is 18.9 Å². The number of hydrogen-bond donors (Lipinski definition) is 2. The maximum atomic E-state index is 16.0. The second-order valence-corrected chi connectivity index (χ2v) is 11.2. The van der Waals surface area contributed by atoms with Crippen molar-refractivity contribution in [1.82, 2.24) is 9.88 Å². The number of nitriles is 1. The van der Waals surface area contributed by atoms with Crippen molar-refractivity contribution >= 4 is 28.7 Å². The summed E-state index contributed by atoms with van der Waals surface area (Å²) in [4.78, 5) is 39.0. The number of nitrogens with one attached hydrogen (secondary N) is 1. The number of nitrogens with zero attached hydrogens (tertiary/aromatic N) is 3. The Bertz CT molecular complexity index is 1430. The Balaban J connectivity index is 1.56. The van der Waals surface area contributed by atoms with Crippen LogP contribution in [0.4, 0.5) is 14.9 Å². The molecule has 10 nitrogen and oxygen atoms in total. The van der Waals surface area contributed by atoms with Gasteiger partial charge in [-0.1, -0.05) is 0 Å². The minimum Gasteiger partial charge on any atom is -0.487 e. The summed E-state index contributed by atoms with van der Waals surface area (Å²) in [6.07, 6.45) is 1.76. The van der Waals surface area contributed by atoms with Crippen LogP contribution < -0.4 is 20.5 Å². The predicted molar refractivity (Wildman–Crippen MR) is 132 cm³/mol. The molecule has 196 valence electrons. The first-order valence-electron chi connectivity index (χ1n) is 12.3. The largest absolute Gasteiger partial charge is 0.487 e. The second kappa shape index (κ2) is 8.36. The number of halogens is 1. The second-order valence-electron chi connectivity index (χ2n) is 11.2. The van der Waals surface area contributed by atoms with Gasteiger partial charge in [0.2, 0.25) is 0 Å². The van der Waals surface area contributed by atoms with Crippen LogP contribution in [-0.2, 0) is 4.74 Å². The standard InChI is InChI=1S/C26H29FN4O6/c1-13-12-36-21-19-15(9-16(23(33)34)22(32)31(13)19)17(10-28)18(27)20(21)30-8-5-14(11-30)26(6-7-26)29-24(35)37-25(2,3)4/h9,13-14H,5-8,11-12H2,1-4H3,(H,29,35)(H,33,34)/t13-,14+/m0/s1. The molecule has 2 N–H and O–H groups in total. The highest BCUT2D eigenvalue weighted by molar-refractivity contribution is 6.00. The molecule has 0 radical (unpaired) electrons. The molecule has 1 aliphatic carbocycles. The first kappa shape index (κ1) is 24.9. The molecule has 3 heterocycles. The van der Waals surface area contributed by atoms with Crippen LogP contribution in [0, 0.1) is 23.1 Å². The fourth-order valence-electron chi connectivity index (χ4n) is 5.58. The molecular weight excluding hydrogens is 483 g/mol. The van der Waals surface area contributed by atoms with Crippen molar-refractivity contribution in [3.05, 3.63) is 33.4 Å². The number of aromatic carboxylic acids is 1. The van der Waals surface area contributed by atoms with E-state index in [4.69, 9.17) is 9.47 Å². The van der Waals surface area contributed by atoms with Crippen molar-refractivity contribution in [3.63, 3.8) is 0 Å². The Labute approximate surface area is 212 Å². The number of anilines is 1. The Hall–Kier alpha value is -3.81. The number of carbonyl (C=O) groups is 2. The molecule has 1 saturated carbocycles. The van der Waals surface area contributed by atoms with Gasteiger partial charge in [0.25, 0.3) is 5.56 Å². The number of carboxylic acids is 1. The molecule has 2 aromatic rings. The molecular formula is C26H29FN4O6. The molecule has 11 heteroatoms. The molecule has 1 saturated heterocycles. The van der Waals surface area contributed by atoms with Crippen LogP contribution in [-0.4, -0.2) is 52.6 Å². The molecule has 0 bridgehead atoms. The summed E-state index contributed by atoms with van der Waals surface area (Å²) in [6, 6.07) is 2.42. The molecule has 5 rings (SSSR count). The van der Waals surface area contributed by atoms with Crippen LogP contribution in [0.1, 0.15) is 68.9 Å². The van der Waals surface area contributed by atoms with Gasteiger partial charge in [0, 0.05) is 29.9 Å². The zero-order chi connectivity index (χ0) is 26.9. The summed E-state index contributed by atoms with van der Waals surface area (Å²) in [5.74, 6) is -2.11. The van der Waals surface area contributed by atoms with Crippen molar-refractivity contribution in [2.24, 2.45) is 5.92 Å². The van der Waals surface area contributed by atoms with Crippen molar-refractivity contribution in [2.75, 3.05) is 24.6 Å². The monoisotopic (exact) mass is 512 g/mol. The maximum absolute atomic E-state index is 16.0. The summed E-state index contributed by atoms with van der Waals surface area (Å²) >= 11 is 0. The first-order valence-corrected chi connectivity index (χ1v) is 12.3. The quantitative estimate of drug-likeness (QED) is 0.635. The summed E-state index contributed by atoms with van der Waals surface area (Å²) in [5.41, 5.74) is -2.34. The molecule has 1 aromatic carbocycles. The average Bonchev–Trinajstić information content (AvgIpc) is 3.40. The van der Waals surface area contributed by atoms with E-state index in [2.05, 4.69) is 5.32 Å². The molecule has 2 aliphatic heterocycles. The topological polar surface area (TPSA) is 134 Å². The van der Waals surface area contributed by atoms with Crippen molar-refractivity contribution < 1.29 is 28.6 Å². The number of carboxylic acid groups (broad SMARTS) is 1. The number of pyridine rings is 1. The number of rotatable bonds is 4. The number of carbonyl (C=O) groups excluding carboxylic acids is 1. The maximum Gasteiger partial charge on any atom is 0.408 e. The molecule has 1 aromatic heterocycles. The van der Waals surface area contributed by atoms with Gasteiger partial charge in [-0.3, -0.25) is 9.36 Å². The van der Waals surface area contributed by atoms with E-state index in [1.165, 1.54) is 4.57 Å². The van der Waals surface area contributed by atoms with E-state index < -0.39 is 46.2 Å². The Morgan fingerprint density at radius 2 is 2.05 bits per heavy atom. The van der Waals surface area contributed by atoms with Gasteiger partial charge >= 0.3 is 12.1 Å². The first-order chi connectivity index (χ1) is 17.4. The number of amides is 1. The van der Waals surface area contributed by atoms with Gasteiger partial charge in [0.05, 0.1) is 17.1 Å². The molecule has 3 aliphatic rings.